The summed E-state index contributed by atoms with van der Waals surface area (Å²) in [5.74, 6) is 2.43. The van der Waals surface area contributed by atoms with Gasteiger partial charge in [0.05, 0.1) is 23.4 Å². The van der Waals surface area contributed by atoms with E-state index < -0.39 is 0 Å². The largest absolute Gasteiger partial charge is 0.477 e. The number of ether oxygens (including phenoxy) is 1. The Morgan fingerprint density at radius 2 is 1.64 bits per heavy atom. The highest BCUT2D eigenvalue weighted by Crippen LogP contribution is 2.52. The van der Waals surface area contributed by atoms with Crippen molar-refractivity contribution in [3.8, 4) is 22.8 Å². The van der Waals surface area contributed by atoms with Crippen molar-refractivity contribution < 1.29 is 4.74 Å². The fraction of sp³-hybridized carbons (Fsp3) is 0.143. The van der Waals surface area contributed by atoms with E-state index in [-0.39, 0.29) is 5.92 Å². The lowest BCUT2D eigenvalue weighted by Crippen LogP contribution is -2.32. The van der Waals surface area contributed by atoms with Crippen LogP contribution in [0.3, 0.4) is 0 Å². The number of nitrogens with zero attached hydrogens (tertiary/aromatic N) is 3. The first-order valence-electron chi connectivity index (χ1n) is 11.3. The van der Waals surface area contributed by atoms with Crippen molar-refractivity contribution in [1.29, 1.82) is 0 Å². The van der Waals surface area contributed by atoms with Crippen molar-refractivity contribution >= 4 is 22.7 Å². The fourth-order valence-electron chi connectivity index (χ4n) is 5.10. The normalized spacial score (nSPS) is 18.8. The predicted molar refractivity (Wildman–Crippen MR) is 132 cm³/mol. The Bertz CT molecular complexity index is 1480. The maximum absolute atomic E-state index is 6.45. The molecule has 5 aromatic rings. The molecule has 0 N–H and O–H groups in total. The lowest BCUT2D eigenvalue weighted by atomic mass is 9.79. The SMILES string of the molecule is c1ccc(-c2nn(-c3ccccc3)c3c2[C@@H]2c4cc5ccccc5nc4SC[C@@H]2CO3)cc1. The van der Waals surface area contributed by atoms with Gasteiger partial charge in [-0.1, -0.05) is 66.7 Å². The van der Waals surface area contributed by atoms with Crippen LogP contribution < -0.4 is 4.74 Å². The summed E-state index contributed by atoms with van der Waals surface area (Å²) < 4.78 is 8.43. The van der Waals surface area contributed by atoms with Crippen LogP contribution in [0, 0.1) is 5.92 Å². The van der Waals surface area contributed by atoms with Crippen molar-refractivity contribution in [2.24, 2.45) is 5.92 Å². The molecule has 4 heterocycles. The third-order valence-electron chi connectivity index (χ3n) is 6.63. The summed E-state index contributed by atoms with van der Waals surface area (Å²) >= 11 is 1.85. The number of fused-ring (bicyclic) bond motifs is 6. The molecule has 5 heteroatoms. The second-order valence-electron chi connectivity index (χ2n) is 8.62. The summed E-state index contributed by atoms with van der Waals surface area (Å²) in [4.78, 5) is 5.04. The van der Waals surface area contributed by atoms with Gasteiger partial charge < -0.3 is 4.74 Å². The van der Waals surface area contributed by atoms with E-state index >= 15 is 0 Å². The molecule has 2 aromatic heterocycles. The quantitative estimate of drug-likeness (QED) is 0.317. The molecule has 0 aliphatic carbocycles. The number of para-hydroxylation sites is 2. The van der Waals surface area contributed by atoms with Crippen molar-refractivity contribution in [1.82, 2.24) is 14.8 Å². The summed E-state index contributed by atoms with van der Waals surface area (Å²) in [6.45, 7) is 0.684. The van der Waals surface area contributed by atoms with Gasteiger partial charge in [0.15, 0.2) is 0 Å². The van der Waals surface area contributed by atoms with Crippen LogP contribution in [0.1, 0.15) is 17.0 Å². The van der Waals surface area contributed by atoms with Gasteiger partial charge in [-0.25, -0.2) is 9.67 Å². The van der Waals surface area contributed by atoms with Gasteiger partial charge in [0.2, 0.25) is 5.88 Å². The summed E-state index contributed by atoms with van der Waals surface area (Å²) in [5.41, 5.74) is 6.65. The van der Waals surface area contributed by atoms with Gasteiger partial charge in [-0.15, -0.1) is 11.8 Å². The molecule has 160 valence electrons. The minimum Gasteiger partial charge on any atom is -0.477 e. The molecule has 0 bridgehead atoms. The van der Waals surface area contributed by atoms with Crippen LogP contribution in [0.15, 0.2) is 96.0 Å². The second-order valence-corrected chi connectivity index (χ2v) is 9.62. The summed E-state index contributed by atoms with van der Waals surface area (Å²) in [6.07, 6.45) is 0. The molecule has 0 fully saturated rings. The van der Waals surface area contributed by atoms with Crippen molar-refractivity contribution in [2.45, 2.75) is 10.9 Å². The Morgan fingerprint density at radius 1 is 0.879 bits per heavy atom. The van der Waals surface area contributed by atoms with E-state index in [2.05, 4.69) is 66.7 Å². The first kappa shape index (κ1) is 18.9. The molecule has 0 saturated heterocycles. The molecule has 33 heavy (non-hydrogen) atoms. The average Bonchev–Trinajstić information content (AvgIpc) is 3.28. The zero-order valence-electron chi connectivity index (χ0n) is 17.9. The first-order valence-corrected chi connectivity index (χ1v) is 12.2. The van der Waals surface area contributed by atoms with Crippen LogP contribution in [0.5, 0.6) is 5.88 Å². The smallest absolute Gasteiger partial charge is 0.221 e. The lowest BCUT2D eigenvalue weighted by molar-refractivity contribution is 0.205. The van der Waals surface area contributed by atoms with Gasteiger partial charge in [-0.3, -0.25) is 0 Å². The Kier molecular flexibility index (Phi) is 4.30. The summed E-state index contributed by atoms with van der Waals surface area (Å²) in [7, 11) is 0. The van der Waals surface area contributed by atoms with Gasteiger partial charge in [-0.05, 0) is 29.8 Å². The van der Waals surface area contributed by atoms with E-state index in [1.54, 1.807) is 0 Å². The number of thioether (sulfide) groups is 1. The molecule has 2 atom stereocenters. The van der Waals surface area contributed by atoms with E-state index in [0.717, 1.165) is 39.1 Å². The molecule has 0 unspecified atom stereocenters. The molecular weight excluding hydrogens is 426 g/mol. The maximum Gasteiger partial charge on any atom is 0.221 e. The molecule has 0 saturated carbocycles. The van der Waals surface area contributed by atoms with Gasteiger partial charge >= 0.3 is 0 Å². The highest BCUT2D eigenvalue weighted by Gasteiger charge is 2.42. The standard InChI is InChI=1S/C28H21N3OS/c1-3-9-18(10-4-1)26-25-24-20(16-32-28(25)31(30-26)21-12-5-2-6-13-21)17-33-27-22(24)15-19-11-7-8-14-23(19)29-27/h1-15,20,24H,16-17H2/t20-,24-/m0/s1. The third-order valence-corrected chi connectivity index (χ3v) is 7.82. The number of pyridine rings is 1. The number of rotatable bonds is 2. The minimum absolute atomic E-state index is 0.203. The van der Waals surface area contributed by atoms with E-state index in [0.29, 0.717) is 12.5 Å². The van der Waals surface area contributed by atoms with Gasteiger partial charge in [0.25, 0.3) is 0 Å². The zero-order valence-corrected chi connectivity index (χ0v) is 18.7. The second kappa shape index (κ2) is 7.49. The molecular formula is C28H21N3OS. The topological polar surface area (TPSA) is 39.9 Å². The third kappa shape index (κ3) is 3.00. The lowest BCUT2D eigenvalue weighted by Gasteiger charge is -2.36. The molecule has 0 spiro atoms. The highest BCUT2D eigenvalue weighted by molar-refractivity contribution is 7.99. The predicted octanol–water partition coefficient (Wildman–Crippen LogP) is 6.33. The first-order chi connectivity index (χ1) is 16.4. The minimum atomic E-state index is 0.203. The monoisotopic (exact) mass is 447 g/mol. The molecule has 4 nitrogen and oxygen atoms in total. The Morgan fingerprint density at radius 3 is 2.48 bits per heavy atom. The molecule has 2 aliphatic heterocycles. The fourth-order valence-corrected chi connectivity index (χ4v) is 6.27. The molecule has 0 amide bonds. The van der Waals surface area contributed by atoms with E-state index in [9.17, 15) is 0 Å². The summed E-state index contributed by atoms with van der Waals surface area (Å²) in [5, 5.41) is 7.44. The molecule has 3 aromatic carbocycles. The maximum atomic E-state index is 6.45. The van der Waals surface area contributed by atoms with Gasteiger partial charge in [0, 0.05) is 28.5 Å². The van der Waals surface area contributed by atoms with Crippen molar-refractivity contribution in [2.75, 3.05) is 12.4 Å². The van der Waals surface area contributed by atoms with Gasteiger partial charge in [-0.2, -0.15) is 5.10 Å². The molecule has 2 aliphatic rings. The highest BCUT2D eigenvalue weighted by atomic mass is 32.2. The molecule has 7 rings (SSSR count). The number of benzene rings is 3. The van der Waals surface area contributed by atoms with Crippen LogP contribution >= 0.6 is 11.8 Å². The van der Waals surface area contributed by atoms with Crippen LogP contribution in [0.25, 0.3) is 27.8 Å². The zero-order chi connectivity index (χ0) is 21.8. The van der Waals surface area contributed by atoms with E-state index in [4.69, 9.17) is 14.8 Å². The van der Waals surface area contributed by atoms with Gasteiger partial charge in [0.1, 0.15) is 10.7 Å². The van der Waals surface area contributed by atoms with Crippen LogP contribution in [0.2, 0.25) is 0 Å². The number of hydrogen-bond donors (Lipinski definition) is 0. The van der Waals surface area contributed by atoms with Crippen molar-refractivity contribution in [3.05, 3.63) is 102 Å². The molecule has 0 radical (unpaired) electrons. The Balaban J connectivity index is 1.51. The van der Waals surface area contributed by atoms with Crippen LogP contribution in [-0.2, 0) is 0 Å². The van der Waals surface area contributed by atoms with Crippen molar-refractivity contribution in [3.63, 3.8) is 0 Å². The Hall–Kier alpha value is -3.57. The van der Waals surface area contributed by atoms with E-state index in [1.807, 2.05) is 40.7 Å². The van der Waals surface area contributed by atoms with Crippen LogP contribution in [-0.4, -0.2) is 27.1 Å². The van der Waals surface area contributed by atoms with Crippen LogP contribution in [0.4, 0.5) is 0 Å². The number of aromatic nitrogens is 3. The summed E-state index contributed by atoms with van der Waals surface area (Å²) in [6, 6.07) is 31.5. The Labute approximate surface area is 196 Å². The number of hydrogen-bond acceptors (Lipinski definition) is 4. The van der Waals surface area contributed by atoms with E-state index in [1.165, 1.54) is 16.5 Å². The average molecular weight is 448 g/mol.